The molecule has 1 aromatic carbocycles. The van der Waals surface area contributed by atoms with Crippen LogP contribution in [0.15, 0.2) is 42.6 Å². The minimum Gasteiger partial charge on any atom is -0.507 e. The maximum Gasteiger partial charge on any atom is 0.376 e. The number of ketones is 2. The molecule has 1 aromatic heterocycles. The molecule has 0 saturated heterocycles. The summed E-state index contributed by atoms with van der Waals surface area (Å²) in [5.41, 5.74) is 2.70. The third-order valence-corrected chi connectivity index (χ3v) is 3.27. The first-order chi connectivity index (χ1) is 10.9. The number of aliphatic hydroxyl groups is 1. The summed E-state index contributed by atoms with van der Waals surface area (Å²) < 4.78 is 0. The lowest BCUT2D eigenvalue weighted by Crippen LogP contribution is -2.09. The molecule has 0 saturated carbocycles. The number of rotatable bonds is 6. The molecule has 6 nitrogen and oxygen atoms in total. The van der Waals surface area contributed by atoms with Gasteiger partial charge in [0.05, 0.1) is 0 Å². The standard InChI is InChI=1S/C17H15NO5/c1-10(19)12-4-2-11(3-5-12)6-14-7-13(9-18-14)15(20)8-16(21)17(22)23/h2-5,7-9,18,20H,6H2,1H3,(H,22,23). The Hall–Kier alpha value is -3.15. The van der Waals surface area contributed by atoms with E-state index in [4.69, 9.17) is 5.11 Å². The molecule has 0 amide bonds. The minimum absolute atomic E-state index is 0.00290. The van der Waals surface area contributed by atoms with E-state index in [0.717, 1.165) is 11.3 Å². The van der Waals surface area contributed by atoms with Crippen molar-refractivity contribution in [2.24, 2.45) is 0 Å². The number of aromatic amines is 1. The van der Waals surface area contributed by atoms with Gasteiger partial charge in [0.15, 0.2) is 5.78 Å². The zero-order valence-electron chi connectivity index (χ0n) is 12.4. The third kappa shape index (κ3) is 4.16. The topological polar surface area (TPSA) is 107 Å². The maximum atomic E-state index is 11.2. The van der Waals surface area contributed by atoms with Gasteiger partial charge in [-0.25, -0.2) is 4.79 Å². The highest BCUT2D eigenvalue weighted by Crippen LogP contribution is 2.16. The number of carboxylic acids is 1. The summed E-state index contributed by atoms with van der Waals surface area (Å²) in [4.78, 5) is 35.7. The highest BCUT2D eigenvalue weighted by Gasteiger charge is 2.11. The minimum atomic E-state index is -1.63. The van der Waals surface area contributed by atoms with Crippen LogP contribution in [0.5, 0.6) is 0 Å². The second-order valence-electron chi connectivity index (χ2n) is 5.04. The summed E-state index contributed by atoms with van der Waals surface area (Å²) in [6.45, 7) is 1.50. The summed E-state index contributed by atoms with van der Waals surface area (Å²) in [6.07, 6.45) is 2.69. The van der Waals surface area contributed by atoms with Crippen LogP contribution in [0.4, 0.5) is 0 Å². The molecule has 2 aromatic rings. The molecule has 0 bridgehead atoms. The van der Waals surface area contributed by atoms with Crippen molar-refractivity contribution in [2.45, 2.75) is 13.3 Å². The number of benzene rings is 1. The van der Waals surface area contributed by atoms with Gasteiger partial charge in [-0.2, -0.15) is 0 Å². The average Bonchev–Trinajstić information content (AvgIpc) is 2.96. The molecule has 0 aliphatic rings. The van der Waals surface area contributed by atoms with Crippen molar-refractivity contribution in [1.29, 1.82) is 0 Å². The quantitative estimate of drug-likeness (QED) is 0.328. The molecule has 3 N–H and O–H groups in total. The number of Topliss-reactive ketones (excluding diaryl/α,β-unsaturated/α-hetero) is 1. The van der Waals surface area contributed by atoms with Crippen molar-refractivity contribution >= 4 is 23.3 Å². The molecule has 0 unspecified atom stereocenters. The van der Waals surface area contributed by atoms with Crippen molar-refractivity contribution in [3.63, 3.8) is 0 Å². The lowest BCUT2D eigenvalue weighted by molar-refractivity contribution is -0.146. The number of nitrogens with one attached hydrogen (secondary N) is 1. The van der Waals surface area contributed by atoms with Crippen LogP contribution in [-0.4, -0.2) is 32.7 Å². The van der Waals surface area contributed by atoms with Crippen LogP contribution in [0.1, 0.15) is 34.1 Å². The molecule has 1 heterocycles. The van der Waals surface area contributed by atoms with Crippen LogP contribution in [0, 0.1) is 0 Å². The normalized spacial score (nSPS) is 11.3. The van der Waals surface area contributed by atoms with Crippen molar-refractivity contribution in [2.75, 3.05) is 0 Å². The fourth-order valence-corrected chi connectivity index (χ4v) is 2.04. The lowest BCUT2D eigenvalue weighted by Gasteiger charge is -2.01. The van der Waals surface area contributed by atoms with E-state index in [1.807, 2.05) is 12.1 Å². The molecule has 6 heteroatoms. The smallest absolute Gasteiger partial charge is 0.376 e. The van der Waals surface area contributed by atoms with Gasteiger partial charge in [-0.3, -0.25) is 9.59 Å². The third-order valence-electron chi connectivity index (χ3n) is 3.27. The van der Waals surface area contributed by atoms with E-state index in [-0.39, 0.29) is 5.78 Å². The van der Waals surface area contributed by atoms with Gasteiger partial charge >= 0.3 is 5.97 Å². The lowest BCUT2D eigenvalue weighted by atomic mass is 10.1. The summed E-state index contributed by atoms with van der Waals surface area (Å²) in [5.74, 6) is -3.23. The Bertz CT molecular complexity index is 784. The van der Waals surface area contributed by atoms with Crippen LogP contribution < -0.4 is 0 Å². The largest absolute Gasteiger partial charge is 0.507 e. The fraction of sp³-hybridized carbons (Fsp3) is 0.118. The van der Waals surface area contributed by atoms with E-state index in [1.54, 1.807) is 18.2 Å². The summed E-state index contributed by atoms with van der Waals surface area (Å²) in [5, 5.41) is 18.2. The first-order valence-corrected chi connectivity index (χ1v) is 6.82. The molecular formula is C17H15NO5. The van der Waals surface area contributed by atoms with Gasteiger partial charge in [0.25, 0.3) is 5.78 Å². The number of carbonyl (C=O) groups is 3. The Labute approximate surface area is 132 Å². The van der Waals surface area contributed by atoms with Crippen LogP contribution in [0.2, 0.25) is 0 Å². The van der Waals surface area contributed by atoms with Gasteiger partial charge in [0.1, 0.15) is 5.76 Å². The molecule has 0 aliphatic heterocycles. The van der Waals surface area contributed by atoms with Crippen molar-refractivity contribution in [3.8, 4) is 0 Å². The number of aliphatic carboxylic acids is 1. The Morgan fingerprint density at radius 3 is 2.30 bits per heavy atom. The number of carboxylic acid groups (broad SMARTS) is 1. The number of H-pyrrole nitrogens is 1. The Kier molecular flexibility index (Phi) is 4.75. The predicted molar refractivity (Wildman–Crippen MR) is 83.3 cm³/mol. The Morgan fingerprint density at radius 1 is 1.09 bits per heavy atom. The fourth-order valence-electron chi connectivity index (χ4n) is 2.04. The van der Waals surface area contributed by atoms with E-state index in [0.29, 0.717) is 23.6 Å². The van der Waals surface area contributed by atoms with Gasteiger partial charge in [-0.05, 0) is 18.6 Å². The van der Waals surface area contributed by atoms with Crippen molar-refractivity contribution in [3.05, 3.63) is 65.0 Å². The van der Waals surface area contributed by atoms with Crippen molar-refractivity contribution in [1.82, 2.24) is 4.98 Å². The molecule has 0 atom stereocenters. The van der Waals surface area contributed by atoms with Gasteiger partial charge in [0.2, 0.25) is 0 Å². The van der Waals surface area contributed by atoms with Crippen LogP contribution in [-0.2, 0) is 16.0 Å². The van der Waals surface area contributed by atoms with Crippen molar-refractivity contribution < 1.29 is 24.6 Å². The summed E-state index contributed by atoms with van der Waals surface area (Å²) in [7, 11) is 0. The van der Waals surface area contributed by atoms with Crippen LogP contribution in [0.3, 0.4) is 0 Å². The molecule has 0 spiro atoms. The number of carbonyl (C=O) groups excluding carboxylic acids is 2. The summed E-state index contributed by atoms with van der Waals surface area (Å²) >= 11 is 0. The van der Waals surface area contributed by atoms with E-state index in [9.17, 15) is 19.5 Å². The highest BCUT2D eigenvalue weighted by atomic mass is 16.4. The number of hydrogen-bond acceptors (Lipinski definition) is 4. The van der Waals surface area contributed by atoms with E-state index in [1.165, 1.54) is 13.1 Å². The average molecular weight is 313 g/mol. The predicted octanol–water partition coefficient (Wildman–Crippen LogP) is 2.36. The van der Waals surface area contributed by atoms with Gasteiger partial charge in [-0.1, -0.05) is 24.3 Å². The number of aromatic nitrogens is 1. The van der Waals surface area contributed by atoms with Crippen LogP contribution >= 0.6 is 0 Å². The van der Waals surface area contributed by atoms with Crippen LogP contribution in [0.25, 0.3) is 5.76 Å². The van der Waals surface area contributed by atoms with E-state index in [2.05, 4.69) is 4.98 Å². The summed E-state index contributed by atoms with van der Waals surface area (Å²) in [6, 6.07) is 8.77. The second kappa shape index (κ2) is 6.74. The zero-order chi connectivity index (χ0) is 17.0. The second-order valence-corrected chi connectivity index (χ2v) is 5.04. The maximum absolute atomic E-state index is 11.2. The van der Waals surface area contributed by atoms with E-state index >= 15 is 0 Å². The number of aliphatic hydroxyl groups excluding tert-OH is 1. The molecule has 2 rings (SSSR count). The zero-order valence-corrected chi connectivity index (χ0v) is 12.4. The molecule has 0 radical (unpaired) electrons. The van der Waals surface area contributed by atoms with Gasteiger partial charge in [0, 0.05) is 35.5 Å². The molecule has 0 aliphatic carbocycles. The molecule has 23 heavy (non-hydrogen) atoms. The molecule has 118 valence electrons. The van der Waals surface area contributed by atoms with Gasteiger partial charge < -0.3 is 15.2 Å². The molecule has 0 fully saturated rings. The Morgan fingerprint density at radius 2 is 1.74 bits per heavy atom. The SMILES string of the molecule is CC(=O)c1ccc(Cc2cc(C(O)=CC(=O)C(=O)O)c[nH]2)cc1. The molecular weight excluding hydrogens is 298 g/mol. The highest BCUT2D eigenvalue weighted by molar-refractivity contribution is 6.38. The van der Waals surface area contributed by atoms with Gasteiger partial charge in [-0.15, -0.1) is 0 Å². The number of hydrogen-bond donors (Lipinski definition) is 3. The monoisotopic (exact) mass is 313 g/mol. The van der Waals surface area contributed by atoms with E-state index < -0.39 is 17.5 Å². The first kappa shape index (κ1) is 16.2. The Balaban J connectivity index is 2.11. The first-order valence-electron chi connectivity index (χ1n) is 6.82.